The molecule has 0 bridgehead atoms. The summed E-state index contributed by atoms with van der Waals surface area (Å²) >= 11 is 0. The summed E-state index contributed by atoms with van der Waals surface area (Å²) in [6.07, 6.45) is 0. The predicted molar refractivity (Wildman–Crippen MR) is 290 cm³/mol. The second-order valence-corrected chi connectivity index (χ2v) is 18.7. The van der Waals surface area contributed by atoms with Crippen LogP contribution in [0.2, 0.25) is 0 Å². The number of hydrogen-bond donors (Lipinski definition) is 0. The summed E-state index contributed by atoms with van der Waals surface area (Å²) in [6.45, 7) is 0. The van der Waals surface area contributed by atoms with E-state index in [1.807, 2.05) is 58.3 Å². The van der Waals surface area contributed by atoms with Crippen LogP contribution in [-0.2, 0) is 0 Å². The van der Waals surface area contributed by atoms with Crippen LogP contribution in [0.1, 0.15) is 11.1 Å². The van der Waals surface area contributed by atoms with E-state index in [2.05, 4.69) is 12.1 Å². The number of benzene rings is 12. The molecule has 0 N–H and O–H groups in total. The van der Waals surface area contributed by atoms with Crippen LogP contribution in [-0.4, -0.2) is 0 Å². The van der Waals surface area contributed by atoms with Crippen molar-refractivity contribution in [1.82, 2.24) is 0 Å². The van der Waals surface area contributed by atoms with E-state index < -0.39 is 46.5 Å². The Morgan fingerprint density at radius 2 is 0.538 bits per heavy atom. The Balaban J connectivity index is 1.14. The number of halogens is 8. The standard InChI is InChI=1S/C66H34F8N4/c67-49-19-45(20-50(68)31-49)41-17-42(46-21-51(69)32-52(70)22-46)28-57(27-41)77(61-7-3-1-5-39(61)35-75)63-15-11-37-10-14-60-64(16-12-38-9-13-59(63)65(37)66(38)60)78(62-8-4-2-6-40(62)36-76)58-29-43(47-23-53(71)33-54(72)24-47)18-44(30-58)48-25-55(73)34-56(74)26-48/h1-34H. The smallest absolute Gasteiger partial charge is 0.126 e. The molecular weight excluding hydrogens is 1000 g/mol. The van der Waals surface area contributed by atoms with Crippen LogP contribution in [0.15, 0.2) is 206 Å². The van der Waals surface area contributed by atoms with Gasteiger partial charge >= 0.3 is 0 Å². The summed E-state index contributed by atoms with van der Waals surface area (Å²) in [4.78, 5) is 3.63. The zero-order chi connectivity index (χ0) is 53.9. The molecule has 0 unspecified atom stereocenters. The fraction of sp³-hybridized carbons (Fsp3) is 0. The highest BCUT2D eigenvalue weighted by molar-refractivity contribution is 6.28. The molecule has 0 aliphatic rings. The van der Waals surface area contributed by atoms with Gasteiger partial charge in [-0.15, -0.1) is 0 Å². The van der Waals surface area contributed by atoms with Gasteiger partial charge in [0.25, 0.3) is 0 Å². The Bertz CT molecular complexity index is 4000. The van der Waals surface area contributed by atoms with Crippen LogP contribution in [0.5, 0.6) is 0 Å². The molecule has 0 saturated heterocycles. The van der Waals surface area contributed by atoms with Gasteiger partial charge in [-0.25, -0.2) is 35.1 Å². The molecule has 0 aliphatic heterocycles. The van der Waals surface area contributed by atoms with E-state index in [1.54, 1.807) is 84.9 Å². The first-order valence-corrected chi connectivity index (χ1v) is 24.2. The Hall–Kier alpha value is -10.3. The molecule has 12 aromatic rings. The van der Waals surface area contributed by atoms with E-state index in [0.29, 0.717) is 67.2 Å². The van der Waals surface area contributed by atoms with Crippen molar-refractivity contribution in [2.75, 3.05) is 9.80 Å². The van der Waals surface area contributed by atoms with Crippen molar-refractivity contribution >= 4 is 66.4 Å². The average Bonchev–Trinajstić information content (AvgIpc) is 3.53. The number of anilines is 6. The van der Waals surface area contributed by atoms with Crippen molar-refractivity contribution < 1.29 is 35.1 Å². The van der Waals surface area contributed by atoms with E-state index in [9.17, 15) is 45.6 Å². The highest BCUT2D eigenvalue weighted by Crippen LogP contribution is 2.50. The minimum absolute atomic E-state index is 0.135. The minimum atomic E-state index is -0.849. The number of nitriles is 2. The van der Waals surface area contributed by atoms with Crippen LogP contribution >= 0.6 is 0 Å². The van der Waals surface area contributed by atoms with Crippen molar-refractivity contribution in [2.24, 2.45) is 0 Å². The van der Waals surface area contributed by atoms with Crippen molar-refractivity contribution in [3.63, 3.8) is 0 Å². The predicted octanol–water partition coefficient (Wildman–Crippen LogP) is 19.0. The van der Waals surface area contributed by atoms with Gasteiger partial charge in [-0.05, 0) is 187 Å². The third-order valence-corrected chi connectivity index (χ3v) is 13.8. The van der Waals surface area contributed by atoms with Crippen LogP contribution in [0.3, 0.4) is 0 Å². The SMILES string of the molecule is N#Cc1ccccc1N(c1cc(-c2cc(F)cc(F)c2)cc(-c2cc(F)cc(F)c2)c1)c1ccc2ccc3c(N(c4cc(-c5cc(F)cc(F)c5)cc(-c5cc(F)cc(F)c5)c4)c4ccccc4C#N)ccc4ccc1c2c43. The first kappa shape index (κ1) is 48.6. The lowest BCUT2D eigenvalue weighted by molar-refractivity contribution is 0.583. The van der Waals surface area contributed by atoms with Crippen LogP contribution in [0.25, 0.3) is 76.8 Å². The quantitative estimate of drug-likeness (QED) is 0.101. The van der Waals surface area contributed by atoms with Crippen LogP contribution < -0.4 is 9.80 Å². The number of rotatable bonds is 10. The fourth-order valence-corrected chi connectivity index (χ4v) is 10.5. The maximum Gasteiger partial charge on any atom is 0.126 e. The molecule has 0 heterocycles. The van der Waals surface area contributed by atoms with Gasteiger partial charge in [0.05, 0.1) is 33.9 Å². The molecular formula is C66H34F8N4. The van der Waals surface area contributed by atoms with Gasteiger partial charge in [0.2, 0.25) is 0 Å². The first-order valence-electron chi connectivity index (χ1n) is 24.2. The van der Waals surface area contributed by atoms with E-state index in [0.717, 1.165) is 94.3 Å². The summed E-state index contributed by atoms with van der Waals surface area (Å²) in [6, 6.07) is 55.6. The van der Waals surface area contributed by atoms with E-state index in [-0.39, 0.29) is 33.4 Å². The lowest BCUT2D eigenvalue weighted by Crippen LogP contribution is -2.13. The topological polar surface area (TPSA) is 54.1 Å². The largest absolute Gasteiger partial charge is 0.308 e. The molecule has 374 valence electrons. The molecule has 12 heteroatoms. The first-order chi connectivity index (χ1) is 37.8. The molecule has 78 heavy (non-hydrogen) atoms. The number of hydrogen-bond acceptors (Lipinski definition) is 4. The Morgan fingerprint density at radius 1 is 0.269 bits per heavy atom. The fourth-order valence-electron chi connectivity index (χ4n) is 10.5. The zero-order valence-corrected chi connectivity index (χ0v) is 40.4. The van der Waals surface area contributed by atoms with Gasteiger partial charge in [-0.2, -0.15) is 10.5 Å². The Kier molecular flexibility index (Phi) is 12.1. The second-order valence-electron chi connectivity index (χ2n) is 18.7. The molecule has 0 spiro atoms. The molecule has 0 aliphatic carbocycles. The molecule has 0 amide bonds. The van der Waals surface area contributed by atoms with E-state index >= 15 is 0 Å². The summed E-state index contributed by atoms with van der Waals surface area (Å²) in [5.74, 6) is -6.79. The summed E-state index contributed by atoms with van der Waals surface area (Å²) in [5.41, 5.74) is 4.83. The third-order valence-electron chi connectivity index (χ3n) is 13.8. The van der Waals surface area contributed by atoms with Gasteiger partial charge < -0.3 is 9.80 Å². The van der Waals surface area contributed by atoms with Crippen molar-refractivity contribution in [3.05, 3.63) is 264 Å². The van der Waals surface area contributed by atoms with Crippen molar-refractivity contribution in [2.45, 2.75) is 0 Å². The normalized spacial score (nSPS) is 11.3. The van der Waals surface area contributed by atoms with Gasteiger partial charge in [0, 0.05) is 46.4 Å². The Morgan fingerprint density at radius 3 is 0.833 bits per heavy atom. The highest BCUT2D eigenvalue weighted by Gasteiger charge is 2.26. The lowest BCUT2D eigenvalue weighted by Gasteiger charge is -2.31. The van der Waals surface area contributed by atoms with E-state index in [1.165, 1.54) is 0 Å². The molecule has 12 rings (SSSR count). The van der Waals surface area contributed by atoms with Gasteiger partial charge in [-0.1, -0.05) is 60.7 Å². The maximum absolute atomic E-state index is 15.0. The Labute approximate surface area is 440 Å². The average molecular weight is 1040 g/mol. The second kappa shape index (κ2) is 19.4. The van der Waals surface area contributed by atoms with Gasteiger partial charge in [0.1, 0.15) is 58.7 Å². The maximum atomic E-state index is 15.0. The molecule has 0 fully saturated rings. The highest BCUT2D eigenvalue weighted by atomic mass is 19.2. The van der Waals surface area contributed by atoms with E-state index in [4.69, 9.17) is 0 Å². The van der Waals surface area contributed by atoms with Crippen LogP contribution in [0.4, 0.5) is 69.2 Å². The van der Waals surface area contributed by atoms with Crippen LogP contribution in [0, 0.1) is 69.2 Å². The summed E-state index contributed by atoms with van der Waals surface area (Å²) < 4.78 is 120. The van der Waals surface area contributed by atoms with Crippen molar-refractivity contribution in [3.8, 4) is 56.6 Å². The zero-order valence-electron chi connectivity index (χ0n) is 40.4. The summed E-state index contributed by atoms with van der Waals surface area (Å²) in [7, 11) is 0. The monoisotopic (exact) mass is 1030 g/mol. The third kappa shape index (κ3) is 8.91. The number of para-hydroxylation sites is 2. The van der Waals surface area contributed by atoms with Crippen molar-refractivity contribution in [1.29, 1.82) is 10.5 Å². The minimum Gasteiger partial charge on any atom is -0.308 e. The molecule has 0 aromatic heterocycles. The van der Waals surface area contributed by atoms with Gasteiger partial charge in [0.15, 0.2) is 0 Å². The molecule has 4 nitrogen and oxygen atoms in total. The molecule has 0 atom stereocenters. The molecule has 12 aromatic carbocycles. The molecule has 0 saturated carbocycles. The van der Waals surface area contributed by atoms with Gasteiger partial charge in [-0.3, -0.25) is 0 Å². The lowest BCUT2D eigenvalue weighted by atomic mass is 9.91. The number of nitrogens with zero attached hydrogens (tertiary/aromatic N) is 4. The molecule has 0 radical (unpaired) electrons. The summed E-state index contributed by atoms with van der Waals surface area (Å²) in [5, 5.41) is 25.8.